The minimum atomic E-state index is -4.78. The van der Waals surface area contributed by atoms with Crippen molar-refractivity contribution < 1.29 is 23.1 Å². The van der Waals surface area contributed by atoms with Gasteiger partial charge in [0.05, 0.1) is 0 Å². The highest BCUT2D eigenvalue weighted by atomic mass is 19.4. The first-order valence-corrected chi connectivity index (χ1v) is 4.92. The third-order valence-corrected chi connectivity index (χ3v) is 2.59. The van der Waals surface area contributed by atoms with Crippen LogP contribution >= 0.6 is 0 Å². The summed E-state index contributed by atoms with van der Waals surface area (Å²) in [7, 11) is 0. The molecule has 0 saturated carbocycles. The number of amides is 1. The van der Waals surface area contributed by atoms with Gasteiger partial charge in [0, 0.05) is 19.7 Å². The van der Waals surface area contributed by atoms with Crippen LogP contribution in [0.4, 0.5) is 13.2 Å². The molecule has 0 aromatic rings. The standard InChI is InChI=1S/C9H14F3NO2/c10-9(11,12)8(15)13-4-1-2-7(6-13)3-5-14/h7,14H,1-6H2/t7-/m0/s1. The van der Waals surface area contributed by atoms with E-state index in [9.17, 15) is 18.0 Å². The van der Waals surface area contributed by atoms with Gasteiger partial charge in [0.1, 0.15) is 0 Å². The maximum atomic E-state index is 12.1. The highest BCUT2D eigenvalue weighted by Gasteiger charge is 2.43. The van der Waals surface area contributed by atoms with E-state index in [1.54, 1.807) is 0 Å². The third-order valence-electron chi connectivity index (χ3n) is 2.59. The van der Waals surface area contributed by atoms with E-state index < -0.39 is 12.1 Å². The Morgan fingerprint density at radius 3 is 2.67 bits per heavy atom. The molecule has 3 nitrogen and oxygen atoms in total. The maximum Gasteiger partial charge on any atom is 0.471 e. The largest absolute Gasteiger partial charge is 0.471 e. The molecule has 1 rings (SSSR count). The van der Waals surface area contributed by atoms with Crippen LogP contribution in [0, 0.1) is 5.92 Å². The Labute approximate surface area is 85.9 Å². The number of likely N-dealkylation sites (tertiary alicyclic amines) is 1. The van der Waals surface area contributed by atoms with Gasteiger partial charge in [-0.2, -0.15) is 13.2 Å². The molecular weight excluding hydrogens is 211 g/mol. The molecule has 0 unspecified atom stereocenters. The molecular formula is C9H14F3NO2. The quantitative estimate of drug-likeness (QED) is 0.766. The number of piperidine rings is 1. The molecule has 1 fully saturated rings. The fraction of sp³-hybridized carbons (Fsp3) is 0.889. The van der Waals surface area contributed by atoms with Gasteiger partial charge in [0.15, 0.2) is 0 Å². The number of carbonyl (C=O) groups is 1. The van der Waals surface area contributed by atoms with E-state index in [4.69, 9.17) is 5.11 Å². The number of alkyl halides is 3. The summed E-state index contributed by atoms with van der Waals surface area (Å²) in [5.74, 6) is -1.76. The van der Waals surface area contributed by atoms with Crippen molar-refractivity contribution in [3.63, 3.8) is 0 Å². The monoisotopic (exact) mass is 225 g/mol. The Balaban J connectivity index is 2.52. The van der Waals surface area contributed by atoms with Crippen molar-refractivity contribution in [1.29, 1.82) is 0 Å². The van der Waals surface area contributed by atoms with E-state index in [1.165, 1.54) is 0 Å². The molecule has 1 aliphatic rings. The van der Waals surface area contributed by atoms with Gasteiger partial charge in [-0.3, -0.25) is 4.79 Å². The molecule has 1 N–H and O–H groups in total. The number of aliphatic hydroxyl groups excluding tert-OH is 1. The van der Waals surface area contributed by atoms with E-state index in [2.05, 4.69) is 0 Å². The number of rotatable bonds is 2. The van der Waals surface area contributed by atoms with Gasteiger partial charge in [-0.05, 0) is 25.2 Å². The highest BCUT2D eigenvalue weighted by Crippen LogP contribution is 2.24. The molecule has 0 aliphatic carbocycles. The van der Waals surface area contributed by atoms with E-state index in [0.717, 1.165) is 11.3 Å². The summed E-state index contributed by atoms with van der Waals surface area (Å²) in [6, 6.07) is 0. The molecule has 1 saturated heterocycles. The average Bonchev–Trinajstić information content (AvgIpc) is 2.16. The lowest BCUT2D eigenvalue weighted by Crippen LogP contribution is -2.46. The SMILES string of the molecule is O=C(N1CCC[C@@H](CCO)C1)C(F)(F)F. The molecule has 6 heteroatoms. The van der Waals surface area contributed by atoms with Gasteiger partial charge in [0.2, 0.25) is 0 Å². The zero-order valence-electron chi connectivity index (χ0n) is 8.26. The van der Waals surface area contributed by atoms with Gasteiger partial charge < -0.3 is 10.0 Å². The first-order valence-electron chi connectivity index (χ1n) is 4.92. The summed E-state index contributed by atoms with van der Waals surface area (Å²) >= 11 is 0. The minimum Gasteiger partial charge on any atom is -0.396 e. The summed E-state index contributed by atoms with van der Waals surface area (Å²) in [6.07, 6.45) is -2.96. The molecule has 0 radical (unpaired) electrons. The van der Waals surface area contributed by atoms with Crippen LogP contribution in [0.15, 0.2) is 0 Å². The van der Waals surface area contributed by atoms with Crippen LogP contribution in [0.3, 0.4) is 0 Å². The van der Waals surface area contributed by atoms with Crippen LogP contribution in [0.1, 0.15) is 19.3 Å². The van der Waals surface area contributed by atoms with E-state index in [0.29, 0.717) is 12.8 Å². The summed E-state index contributed by atoms with van der Waals surface area (Å²) in [5, 5.41) is 8.68. The Bertz CT molecular complexity index is 228. The Morgan fingerprint density at radius 1 is 1.47 bits per heavy atom. The van der Waals surface area contributed by atoms with Crippen molar-refractivity contribution in [3.05, 3.63) is 0 Å². The lowest BCUT2D eigenvalue weighted by atomic mass is 9.95. The molecule has 0 aromatic heterocycles. The van der Waals surface area contributed by atoms with Crippen molar-refractivity contribution in [2.75, 3.05) is 19.7 Å². The second kappa shape index (κ2) is 4.83. The van der Waals surface area contributed by atoms with Crippen LogP contribution in [0.5, 0.6) is 0 Å². The second-order valence-corrected chi connectivity index (χ2v) is 3.77. The van der Waals surface area contributed by atoms with Gasteiger partial charge in [0.25, 0.3) is 0 Å². The Hall–Kier alpha value is -0.780. The van der Waals surface area contributed by atoms with E-state index in [1.807, 2.05) is 0 Å². The third kappa shape index (κ3) is 3.37. The molecule has 0 spiro atoms. The number of nitrogens with zero attached hydrogens (tertiary/aromatic N) is 1. The van der Waals surface area contributed by atoms with Crippen LogP contribution < -0.4 is 0 Å². The smallest absolute Gasteiger partial charge is 0.396 e. The average molecular weight is 225 g/mol. The van der Waals surface area contributed by atoms with Crippen molar-refractivity contribution in [3.8, 4) is 0 Å². The Morgan fingerprint density at radius 2 is 2.13 bits per heavy atom. The van der Waals surface area contributed by atoms with Crippen molar-refractivity contribution in [2.24, 2.45) is 5.92 Å². The Kier molecular flexibility index (Phi) is 3.96. The lowest BCUT2D eigenvalue weighted by Gasteiger charge is -2.32. The summed E-state index contributed by atoms with van der Waals surface area (Å²) in [4.78, 5) is 11.7. The normalized spacial score (nSPS) is 22.9. The summed E-state index contributed by atoms with van der Waals surface area (Å²) in [5.41, 5.74) is 0. The molecule has 1 aliphatic heterocycles. The van der Waals surface area contributed by atoms with Crippen molar-refractivity contribution >= 4 is 5.91 Å². The molecule has 88 valence electrons. The first kappa shape index (κ1) is 12.3. The van der Waals surface area contributed by atoms with Crippen molar-refractivity contribution in [2.45, 2.75) is 25.4 Å². The van der Waals surface area contributed by atoms with E-state index in [-0.39, 0.29) is 25.6 Å². The topological polar surface area (TPSA) is 40.5 Å². The van der Waals surface area contributed by atoms with Gasteiger partial charge in [-0.25, -0.2) is 0 Å². The molecule has 0 bridgehead atoms. The van der Waals surface area contributed by atoms with Crippen molar-refractivity contribution in [1.82, 2.24) is 4.90 Å². The first-order chi connectivity index (χ1) is 6.95. The van der Waals surface area contributed by atoms with Crippen LogP contribution in [-0.4, -0.2) is 41.8 Å². The van der Waals surface area contributed by atoms with Gasteiger partial charge in [-0.15, -0.1) is 0 Å². The number of carbonyl (C=O) groups excluding carboxylic acids is 1. The number of halogens is 3. The number of hydrogen-bond acceptors (Lipinski definition) is 2. The van der Waals surface area contributed by atoms with Gasteiger partial charge >= 0.3 is 12.1 Å². The number of hydrogen-bond donors (Lipinski definition) is 1. The molecule has 1 amide bonds. The highest BCUT2D eigenvalue weighted by molar-refractivity contribution is 5.81. The van der Waals surface area contributed by atoms with E-state index >= 15 is 0 Å². The predicted molar refractivity (Wildman–Crippen MR) is 47.1 cm³/mol. The predicted octanol–water partition coefficient (Wildman–Crippen LogP) is 1.17. The van der Waals surface area contributed by atoms with Crippen LogP contribution in [0.25, 0.3) is 0 Å². The fourth-order valence-electron chi connectivity index (χ4n) is 1.85. The molecule has 1 atom stereocenters. The van der Waals surface area contributed by atoms with Crippen LogP contribution in [0.2, 0.25) is 0 Å². The zero-order chi connectivity index (χ0) is 11.5. The van der Waals surface area contributed by atoms with Crippen LogP contribution in [-0.2, 0) is 4.79 Å². The second-order valence-electron chi connectivity index (χ2n) is 3.77. The summed E-state index contributed by atoms with van der Waals surface area (Å²) in [6.45, 7) is 0.234. The lowest BCUT2D eigenvalue weighted by molar-refractivity contribution is -0.187. The number of aliphatic hydroxyl groups is 1. The van der Waals surface area contributed by atoms with Gasteiger partial charge in [-0.1, -0.05) is 0 Å². The molecule has 0 aromatic carbocycles. The summed E-state index contributed by atoms with van der Waals surface area (Å²) < 4.78 is 36.3. The molecule has 15 heavy (non-hydrogen) atoms. The minimum absolute atomic E-state index is 0.00458. The molecule has 1 heterocycles. The zero-order valence-corrected chi connectivity index (χ0v) is 8.26. The maximum absolute atomic E-state index is 12.1. The fourth-order valence-corrected chi connectivity index (χ4v) is 1.85.